The second-order valence-corrected chi connectivity index (χ2v) is 4.00. The third kappa shape index (κ3) is 3.61. The summed E-state index contributed by atoms with van der Waals surface area (Å²) in [5.74, 6) is 0.702. The number of benzene rings is 1. The normalized spacial score (nSPS) is 9.84. The van der Waals surface area contributed by atoms with Crippen molar-refractivity contribution in [2.45, 2.75) is 13.0 Å². The highest BCUT2D eigenvalue weighted by atomic mass is 16.3. The number of phenols is 1. The Kier molecular flexibility index (Phi) is 3.84. The van der Waals surface area contributed by atoms with Crippen LogP contribution in [0.4, 0.5) is 0 Å². The van der Waals surface area contributed by atoms with Crippen LogP contribution in [0.1, 0.15) is 17.1 Å². The van der Waals surface area contributed by atoms with Crippen LogP contribution in [0.25, 0.3) is 0 Å². The summed E-state index contributed by atoms with van der Waals surface area (Å²) in [7, 11) is 0. The zero-order valence-corrected chi connectivity index (χ0v) is 10.1. The molecule has 0 atom stereocenters. The number of aromatic hydroxyl groups is 1. The van der Waals surface area contributed by atoms with Crippen LogP contribution in [0.3, 0.4) is 0 Å². The van der Waals surface area contributed by atoms with Gasteiger partial charge < -0.3 is 14.8 Å². The van der Waals surface area contributed by atoms with Crippen LogP contribution in [-0.2, 0) is 17.8 Å². The highest BCUT2D eigenvalue weighted by Gasteiger charge is 2.06. The lowest BCUT2D eigenvalue weighted by Crippen LogP contribution is -2.24. The van der Waals surface area contributed by atoms with Crippen LogP contribution in [0.15, 0.2) is 40.8 Å². The van der Waals surface area contributed by atoms with Crippen LogP contribution in [0.2, 0.25) is 0 Å². The van der Waals surface area contributed by atoms with Crippen LogP contribution in [0, 0.1) is 11.3 Å². The molecule has 0 unspecified atom stereocenters. The summed E-state index contributed by atoms with van der Waals surface area (Å²) in [5, 5.41) is 20.6. The minimum Gasteiger partial charge on any atom is -0.508 e. The predicted octanol–water partition coefficient (Wildman–Crippen LogP) is 1.72. The largest absolute Gasteiger partial charge is 0.508 e. The Morgan fingerprint density at radius 1 is 1.37 bits per heavy atom. The Bertz CT molecular complexity index is 626. The van der Waals surface area contributed by atoms with Gasteiger partial charge in [-0.05, 0) is 29.8 Å². The molecule has 0 aliphatic heterocycles. The van der Waals surface area contributed by atoms with E-state index in [9.17, 15) is 9.90 Å². The van der Waals surface area contributed by atoms with Gasteiger partial charge in [0.05, 0.1) is 13.0 Å². The van der Waals surface area contributed by atoms with Crippen molar-refractivity contribution in [3.63, 3.8) is 0 Å². The first-order valence-corrected chi connectivity index (χ1v) is 5.71. The molecule has 2 N–H and O–H groups in total. The molecule has 0 saturated carbocycles. The fourth-order valence-electron chi connectivity index (χ4n) is 1.63. The molecule has 5 heteroatoms. The first-order valence-electron chi connectivity index (χ1n) is 5.71. The Balaban J connectivity index is 1.86. The van der Waals surface area contributed by atoms with E-state index in [1.54, 1.807) is 36.4 Å². The van der Waals surface area contributed by atoms with E-state index < -0.39 is 0 Å². The van der Waals surface area contributed by atoms with Crippen LogP contribution < -0.4 is 5.32 Å². The van der Waals surface area contributed by atoms with Crippen molar-refractivity contribution in [3.05, 3.63) is 53.5 Å². The number of carbonyl (C=O) groups excluding carboxylic acids is 1. The van der Waals surface area contributed by atoms with Gasteiger partial charge in [-0.3, -0.25) is 4.79 Å². The number of nitrogens with one attached hydrogen (secondary N) is 1. The Morgan fingerprint density at radius 2 is 2.21 bits per heavy atom. The van der Waals surface area contributed by atoms with Gasteiger partial charge in [0.1, 0.15) is 17.6 Å². The van der Waals surface area contributed by atoms with Gasteiger partial charge in [-0.2, -0.15) is 5.26 Å². The molecule has 2 rings (SSSR count). The molecule has 96 valence electrons. The lowest BCUT2D eigenvalue weighted by molar-refractivity contribution is -0.120. The first kappa shape index (κ1) is 12.7. The van der Waals surface area contributed by atoms with Gasteiger partial charge in [-0.25, -0.2) is 0 Å². The maximum atomic E-state index is 11.7. The summed E-state index contributed by atoms with van der Waals surface area (Å²) in [6, 6.07) is 11.6. The SMILES string of the molecule is N#Cc1ccc(CNC(=O)Cc2cccc(O)c2)o1. The van der Waals surface area contributed by atoms with E-state index >= 15 is 0 Å². The van der Waals surface area contributed by atoms with Gasteiger partial charge in [-0.1, -0.05) is 12.1 Å². The Labute approximate surface area is 110 Å². The monoisotopic (exact) mass is 256 g/mol. The number of carbonyl (C=O) groups is 1. The van der Waals surface area contributed by atoms with Crippen molar-refractivity contribution in [1.82, 2.24) is 5.32 Å². The van der Waals surface area contributed by atoms with Gasteiger partial charge in [-0.15, -0.1) is 0 Å². The van der Waals surface area contributed by atoms with E-state index in [1.165, 1.54) is 0 Å². The van der Waals surface area contributed by atoms with E-state index in [1.807, 2.05) is 6.07 Å². The third-order valence-corrected chi connectivity index (χ3v) is 2.51. The van der Waals surface area contributed by atoms with Crippen molar-refractivity contribution in [3.8, 4) is 11.8 Å². The number of hydrogen-bond acceptors (Lipinski definition) is 4. The van der Waals surface area contributed by atoms with Crippen molar-refractivity contribution >= 4 is 5.91 Å². The number of nitrogens with zero attached hydrogens (tertiary/aromatic N) is 1. The van der Waals surface area contributed by atoms with E-state index in [4.69, 9.17) is 9.68 Å². The second kappa shape index (κ2) is 5.74. The van der Waals surface area contributed by atoms with Gasteiger partial charge in [0.15, 0.2) is 0 Å². The topological polar surface area (TPSA) is 86.3 Å². The molecule has 0 radical (unpaired) electrons. The van der Waals surface area contributed by atoms with Crippen molar-refractivity contribution < 1.29 is 14.3 Å². The average Bonchev–Trinajstić information content (AvgIpc) is 2.84. The number of rotatable bonds is 4. The number of amides is 1. The smallest absolute Gasteiger partial charge is 0.224 e. The van der Waals surface area contributed by atoms with Crippen molar-refractivity contribution in [2.24, 2.45) is 0 Å². The van der Waals surface area contributed by atoms with Gasteiger partial charge in [0, 0.05) is 0 Å². The summed E-state index contributed by atoms with van der Waals surface area (Å²) >= 11 is 0. The Morgan fingerprint density at radius 3 is 2.89 bits per heavy atom. The van der Waals surface area contributed by atoms with E-state index in [-0.39, 0.29) is 30.4 Å². The summed E-state index contributed by atoms with van der Waals surface area (Å²) in [5.41, 5.74) is 0.731. The highest BCUT2D eigenvalue weighted by molar-refractivity contribution is 5.78. The molecule has 5 nitrogen and oxygen atoms in total. The Hall–Kier alpha value is -2.74. The van der Waals surface area contributed by atoms with Gasteiger partial charge in [0.25, 0.3) is 0 Å². The fraction of sp³-hybridized carbons (Fsp3) is 0.143. The molecule has 0 bridgehead atoms. The minimum absolute atomic E-state index is 0.134. The second-order valence-electron chi connectivity index (χ2n) is 4.00. The van der Waals surface area contributed by atoms with Crippen LogP contribution in [0.5, 0.6) is 5.75 Å². The zero-order valence-electron chi connectivity index (χ0n) is 10.1. The lowest BCUT2D eigenvalue weighted by Gasteiger charge is -2.03. The molecule has 1 aromatic carbocycles. The quantitative estimate of drug-likeness (QED) is 0.872. The molecule has 0 fully saturated rings. The van der Waals surface area contributed by atoms with E-state index in [2.05, 4.69) is 5.32 Å². The maximum absolute atomic E-state index is 11.7. The zero-order chi connectivity index (χ0) is 13.7. The molecule has 1 heterocycles. The third-order valence-electron chi connectivity index (χ3n) is 2.51. The van der Waals surface area contributed by atoms with Gasteiger partial charge >= 0.3 is 0 Å². The predicted molar refractivity (Wildman–Crippen MR) is 67.1 cm³/mol. The van der Waals surface area contributed by atoms with E-state index in [0.29, 0.717) is 5.76 Å². The molecular weight excluding hydrogens is 244 g/mol. The lowest BCUT2D eigenvalue weighted by atomic mass is 10.1. The standard InChI is InChI=1S/C14H12N2O3/c15-8-12-4-5-13(19-12)9-16-14(18)7-10-2-1-3-11(17)6-10/h1-6,17H,7,9H2,(H,16,18). The molecule has 0 aliphatic rings. The number of hydrogen-bond donors (Lipinski definition) is 2. The summed E-state index contributed by atoms with van der Waals surface area (Å²) in [4.78, 5) is 11.7. The molecule has 2 aromatic rings. The molecule has 1 amide bonds. The van der Waals surface area contributed by atoms with Gasteiger partial charge in [0.2, 0.25) is 11.7 Å². The minimum atomic E-state index is -0.180. The van der Waals surface area contributed by atoms with Crippen LogP contribution in [-0.4, -0.2) is 11.0 Å². The van der Waals surface area contributed by atoms with E-state index in [0.717, 1.165) is 5.56 Å². The summed E-state index contributed by atoms with van der Waals surface area (Å²) < 4.78 is 5.14. The number of phenolic OH excluding ortho intramolecular Hbond substituents is 1. The summed E-state index contributed by atoms with van der Waals surface area (Å²) in [6.07, 6.45) is 0.181. The van der Waals surface area contributed by atoms with Crippen LogP contribution >= 0.6 is 0 Å². The maximum Gasteiger partial charge on any atom is 0.224 e. The molecule has 1 aromatic heterocycles. The molecular formula is C14H12N2O3. The fourth-order valence-corrected chi connectivity index (χ4v) is 1.63. The molecule has 19 heavy (non-hydrogen) atoms. The first-order chi connectivity index (χ1) is 9.17. The number of furan rings is 1. The van der Waals surface area contributed by atoms with Crippen molar-refractivity contribution in [2.75, 3.05) is 0 Å². The molecule has 0 saturated heterocycles. The molecule has 0 spiro atoms. The van der Waals surface area contributed by atoms with Crippen molar-refractivity contribution in [1.29, 1.82) is 5.26 Å². The average molecular weight is 256 g/mol. The number of nitriles is 1. The highest BCUT2D eigenvalue weighted by Crippen LogP contribution is 2.11. The summed E-state index contributed by atoms with van der Waals surface area (Å²) in [6.45, 7) is 0.235. The molecule has 0 aliphatic carbocycles.